The average molecular weight is 260 g/mol. The van der Waals surface area contributed by atoms with Gasteiger partial charge in [0.25, 0.3) is 0 Å². The second-order valence-electron chi connectivity index (χ2n) is 2.27. The monoisotopic (exact) mass is 260 g/mol. The summed E-state index contributed by atoms with van der Waals surface area (Å²) in [5, 5.41) is 16.0. The summed E-state index contributed by atoms with van der Waals surface area (Å²) < 4.78 is 13.0. The lowest BCUT2D eigenvalue weighted by atomic mass is 10.5. The molecule has 98 valence electrons. The van der Waals surface area contributed by atoms with E-state index in [1.807, 2.05) is 0 Å². The van der Waals surface area contributed by atoms with Gasteiger partial charge in [0.2, 0.25) is 0 Å². The summed E-state index contributed by atoms with van der Waals surface area (Å²) in [4.78, 5) is 31.4. The fourth-order valence-corrected chi connectivity index (χ4v) is 0.0833. The second-order valence-corrected chi connectivity index (χ2v) is 3.30. The predicted molar refractivity (Wildman–Crippen MR) is 55.2 cm³/mol. The van der Waals surface area contributed by atoms with Gasteiger partial charge in [0.15, 0.2) is 0 Å². The fraction of sp³-hybridized carbons (Fsp3) is 0.571. The van der Waals surface area contributed by atoms with E-state index >= 15 is 0 Å². The first-order valence-corrected chi connectivity index (χ1v) is 5.42. The highest BCUT2D eigenvalue weighted by Crippen LogP contribution is 2.25. The summed E-state index contributed by atoms with van der Waals surface area (Å²) in [6.45, 7) is 4.55. The van der Waals surface area contributed by atoms with Gasteiger partial charge in [0.1, 0.15) is 0 Å². The Morgan fingerprint density at radius 3 is 1.75 bits per heavy atom. The van der Waals surface area contributed by atoms with Crippen LogP contribution in [0.4, 0.5) is 0 Å². The van der Waals surface area contributed by atoms with Gasteiger partial charge >= 0.3 is 13.8 Å². The smallest absolute Gasteiger partial charge is 0.466 e. The van der Waals surface area contributed by atoms with Crippen LogP contribution in [-0.4, -0.2) is 50.7 Å². The van der Waals surface area contributed by atoms with Crippen LogP contribution in [0.3, 0.4) is 0 Å². The summed E-state index contributed by atoms with van der Waals surface area (Å²) in [5.74, 6) is -0.394. The van der Waals surface area contributed by atoms with Crippen molar-refractivity contribution < 1.29 is 39.0 Å². The van der Waals surface area contributed by atoms with Crippen molar-refractivity contribution >= 4 is 13.8 Å². The minimum absolute atomic E-state index is 0.139. The molecule has 1 atom stereocenters. The van der Waals surface area contributed by atoms with Crippen molar-refractivity contribution in [3.8, 4) is 0 Å². The molecule has 0 aliphatic heterocycles. The Bertz CT molecular complexity index is 212. The number of aliphatic hydroxyl groups is 2. The van der Waals surface area contributed by atoms with Crippen LogP contribution in [-0.2, 0) is 14.1 Å². The quantitative estimate of drug-likeness (QED) is 0.236. The molecular weight excluding hydrogens is 243 g/mol. The van der Waals surface area contributed by atoms with Gasteiger partial charge in [-0.25, -0.2) is 9.36 Å². The second kappa shape index (κ2) is 12.3. The first-order valence-electron chi connectivity index (χ1n) is 3.86. The summed E-state index contributed by atoms with van der Waals surface area (Å²) in [5.41, 5.74) is 0. The first-order chi connectivity index (χ1) is 7.08. The van der Waals surface area contributed by atoms with Crippen molar-refractivity contribution in [3.63, 3.8) is 0 Å². The van der Waals surface area contributed by atoms with E-state index in [1.165, 1.54) is 14.0 Å². The summed E-state index contributed by atoms with van der Waals surface area (Å²) >= 11 is 0. The van der Waals surface area contributed by atoms with Gasteiger partial charge in [0, 0.05) is 6.08 Å². The molecule has 0 aromatic heterocycles. The number of carbonyl (C=O) groups is 1. The Morgan fingerprint density at radius 1 is 1.50 bits per heavy atom. The normalized spacial score (nSPS) is 10.9. The molecule has 5 N–H and O–H groups in total. The third kappa shape index (κ3) is 72.2. The highest BCUT2D eigenvalue weighted by Gasteiger charge is 2.00. The van der Waals surface area contributed by atoms with E-state index in [0.717, 1.165) is 6.08 Å². The van der Waals surface area contributed by atoms with E-state index in [2.05, 4.69) is 11.3 Å². The standard InChI is InChI=1S/C4H6O2.C3H8O2.H3O4P/c1-3-4(5)6-2;1-3(5)2-4;1-5(2,3)4/h3H,1H2,2H3;3-5H,2H2,1H3;(H3,1,2,3,4). The van der Waals surface area contributed by atoms with E-state index < -0.39 is 19.9 Å². The van der Waals surface area contributed by atoms with Crippen molar-refractivity contribution in [2.45, 2.75) is 13.0 Å². The molecule has 8 nitrogen and oxygen atoms in total. The maximum atomic E-state index is 9.84. The zero-order valence-corrected chi connectivity index (χ0v) is 9.87. The number of hydrogen-bond donors (Lipinski definition) is 5. The van der Waals surface area contributed by atoms with Crippen LogP contribution in [0.15, 0.2) is 12.7 Å². The Labute approximate surface area is 93.0 Å². The molecule has 0 heterocycles. The molecule has 0 rings (SSSR count). The van der Waals surface area contributed by atoms with Gasteiger partial charge in [-0.15, -0.1) is 0 Å². The predicted octanol–water partition coefficient (Wildman–Crippen LogP) is -1.22. The molecule has 0 fully saturated rings. The van der Waals surface area contributed by atoms with Gasteiger partial charge in [-0.3, -0.25) is 0 Å². The van der Waals surface area contributed by atoms with Crippen LogP contribution in [0.2, 0.25) is 0 Å². The zero-order valence-electron chi connectivity index (χ0n) is 8.98. The summed E-state index contributed by atoms with van der Waals surface area (Å²) in [6.07, 6.45) is 0.551. The van der Waals surface area contributed by atoms with Crippen molar-refractivity contribution in [1.29, 1.82) is 0 Å². The molecule has 0 saturated heterocycles. The molecule has 0 aliphatic rings. The molecule has 1 unspecified atom stereocenters. The lowest BCUT2D eigenvalue weighted by molar-refractivity contribution is -0.134. The minimum Gasteiger partial charge on any atom is -0.466 e. The van der Waals surface area contributed by atoms with Gasteiger partial charge in [-0.1, -0.05) is 6.58 Å². The minimum atomic E-state index is -4.64. The van der Waals surface area contributed by atoms with Crippen LogP contribution in [0.25, 0.3) is 0 Å². The molecular formula is C7H17O8P. The summed E-state index contributed by atoms with van der Waals surface area (Å²) in [7, 11) is -3.33. The lowest BCUT2D eigenvalue weighted by Gasteiger charge is -1.90. The summed E-state index contributed by atoms with van der Waals surface area (Å²) in [6, 6.07) is 0. The highest BCUT2D eigenvalue weighted by molar-refractivity contribution is 7.45. The van der Waals surface area contributed by atoms with Crippen molar-refractivity contribution in [1.82, 2.24) is 0 Å². The van der Waals surface area contributed by atoms with Crippen LogP contribution in [0, 0.1) is 0 Å². The number of methoxy groups -OCH3 is 1. The molecule has 0 bridgehead atoms. The van der Waals surface area contributed by atoms with Gasteiger partial charge < -0.3 is 29.6 Å². The Hall–Kier alpha value is -0.760. The Balaban J connectivity index is -0.000000160. The van der Waals surface area contributed by atoms with Crippen molar-refractivity contribution in [2.24, 2.45) is 0 Å². The number of esters is 1. The van der Waals surface area contributed by atoms with E-state index in [4.69, 9.17) is 29.5 Å². The molecule has 16 heavy (non-hydrogen) atoms. The van der Waals surface area contributed by atoms with Crippen LogP contribution in [0.1, 0.15) is 6.92 Å². The molecule has 0 spiro atoms. The lowest BCUT2D eigenvalue weighted by Crippen LogP contribution is -2.03. The fourth-order valence-electron chi connectivity index (χ4n) is 0.0833. The number of rotatable bonds is 2. The van der Waals surface area contributed by atoms with E-state index in [-0.39, 0.29) is 6.61 Å². The number of aliphatic hydroxyl groups excluding tert-OH is 2. The maximum Gasteiger partial charge on any atom is 0.466 e. The van der Waals surface area contributed by atoms with E-state index in [0.29, 0.717) is 0 Å². The number of phosphoric acid groups is 1. The van der Waals surface area contributed by atoms with E-state index in [1.54, 1.807) is 0 Å². The third-order valence-electron chi connectivity index (χ3n) is 0.632. The van der Waals surface area contributed by atoms with Crippen molar-refractivity contribution in [3.05, 3.63) is 12.7 Å². The average Bonchev–Trinajstić information content (AvgIpc) is 2.15. The molecule has 0 saturated carbocycles. The number of carbonyl (C=O) groups excluding carboxylic acids is 1. The zero-order chi connectivity index (χ0) is 13.8. The number of hydrogen-bond acceptors (Lipinski definition) is 5. The van der Waals surface area contributed by atoms with Crippen LogP contribution in [0.5, 0.6) is 0 Å². The molecule has 0 radical (unpaired) electrons. The van der Waals surface area contributed by atoms with Gasteiger partial charge in [0.05, 0.1) is 19.8 Å². The van der Waals surface area contributed by atoms with E-state index in [9.17, 15) is 4.79 Å². The molecule has 0 aromatic carbocycles. The maximum absolute atomic E-state index is 9.84. The molecule has 9 heteroatoms. The Kier molecular flexibility index (Phi) is 15.9. The van der Waals surface area contributed by atoms with Gasteiger partial charge in [-0.2, -0.15) is 0 Å². The Morgan fingerprint density at radius 2 is 1.75 bits per heavy atom. The SMILES string of the molecule is C=CC(=O)OC.CC(O)CO.O=P(O)(O)O. The first kappa shape index (κ1) is 20.6. The van der Waals surface area contributed by atoms with Crippen LogP contribution >= 0.6 is 7.82 Å². The largest absolute Gasteiger partial charge is 0.466 e. The topological polar surface area (TPSA) is 145 Å². The molecule has 0 aliphatic carbocycles. The number of ether oxygens (including phenoxy) is 1. The molecule has 0 aromatic rings. The molecule has 0 amide bonds. The van der Waals surface area contributed by atoms with Gasteiger partial charge in [-0.05, 0) is 6.92 Å². The van der Waals surface area contributed by atoms with Crippen LogP contribution < -0.4 is 0 Å². The van der Waals surface area contributed by atoms with Crippen molar-refractivity contribution in [2.75, 3.05) is 13.7 Å². The highest BCUT2D eigenvalue weighted by atomic mass is 31.2. The third-order valence-corrected chi connectivity index (χ3v) is 0.632.